The zero-order valence-corrected chi connectivity index (χ0v) is 10.7. The van der Waals surface area contributed by atoms with Gasteiger partial charge in [0.05, 0.1) is 0 Å². The van der Waals surface area contributed by atoms with Crippen LogP contribution in [0.2, 0.25) is 0 Å². The smallest absolute Gasteiger partial charge is 0.334 e. The third-order valence-electron chi connectivity index (χ3n) is 3.08. The predicted octanol–water partition coefficient (Wildman–Crippen LogP) is 1.56. The number of rotatable bonds is 4. The van der Waals surface area contributed by atoms with Gasteiger partial charge in [-0.15, -0.1) is 0 Å². The Kier molecular flexibility index (Phi) is 3.96. The van der Waals surface area contributed by atoms with Crippen LogP contribution in [-0.4, -0.2) is 33.5 Å². The number of benzene rings is 1. The van der Waals surface area contributed by atoms with Crippen LogP contribution in [0.1, 0.15) is 26.3 Å². The number of hydrogen-bond donors (Lipinski definition) is 2. The Morgan fingerprint density at radius 2 is 1.78 bits per heavy atom. The van der Waals surface area contributed by atoms with Gasteiger partial charge in [-0.05, 0) is 31.5 Å². The molecule has 1 atom stereocenters. The third-order valence-corrected chi connectivity index (χ3v) is 3.08. The number of nitrogens with zero attached hydrogens (tertiary/aromatic N) is 1. The topological polar surface area (TPSA) is 77.8 Å². The molecule has 2 N–H and O–H groups in total. The van der Waals surface area contributed by atoms with E-state index in [0.29, 0.717) is 12.1 Å². The van der Waals surface area contributed by atoms with Crippen molar-refractivity contribution in [3.05, 3.63) is 29.8 Å². The fourth-order valence-electron chi connectivity index (χ4n) is 2.03. The molecule has 5 nitrogen and oxygen atoms in total. The molecule has 1 aromatic carbocycles. The Hall–Kier alpha value is -2.04. The summed E-state index contributed by atoms with van der Waals surface area (Å²) in [6.45, 7) is 4.83. The largest absolute Gasteiger partial charge is 0.508 e. The van der Waals surface area contributed by atoms with E-state index in [1.54, 1.807) is 6.92 Å². The van der Waals surface area contributed by atoms with Crippen molar-refractivity contribution in [1.29, 1.82) is 0 Å². The van der Waals surface area contributed by atoms with Crippen molar-refractivity contribution in [2.75, 3.05) is 6.54 Å². The van der Waals surface area contributed by atoms with Crippen LogP contribution in [-0.2, 0) is 15.1 Å². The maximum Gasteiger partial charge on any atom is 0.334 e. The van der Waals surface area contributed by atoms with E-state index < -0.39 is 11.5 Å². The van der Waals surface area contributed by atoms with Crippen LogP contribution in [0.3, 0.4) is 0 Å². The highest BCUT2D eigenvalue weighted by Crippen LogP contribution is 2.30. The standard InChI is InChI=1S/C13H17NO4/c1-4-14(9(2)15)13(3,12(17)18)10-5-7-11(16)8-6-10/h5-8,16H,4H2,1-3H3,(H,17,18). The lowest BCUT2D eigenvalue weighted by Gasteiger charge is -2.37. The molecule has 0 saturated heterocycles. The van der Waals surface area contributed by atoms with Gasteiger partial charge in [0.25, 0.3) is 0 Å². The summed E-state index contributed by atoms with van der Waals surface area (Å²) in [5.74, 6) is -1.36. The van der Waals surface area contributed by atoms with E-state index in [1.807, 2.05) is 0 Å². The minimum absolute atomic E-state index is 0.0531. The van der Waals surface area contributed by atoms with Gasteiger partial charge in [-0.2, -0.15) is 0 Å². The Morgan fingerprint density at radius 3 is 2.11 bits per heavy atom. The first-order valence-corrected chi connectivity index (χ1v) is 5.65. The molecule has 5 heteroatoms. The number of hydrogen-bond acceptors (Lipinski definition) is 3. The molecule has 98 valence electrons. The lowest BCUT2D eigenvalue weighted by atomic mass is 9.89. The quantitative estimate of drug-likeness (QED) is 0.851. The van der Waals surface area contributed by atoms with Crippen molar-refractivity contribution in [3.63, 3.8) is 0 Å². The fourth-order valence-corrected chi connectivity index (χ4v) is 2.03. The van der Waals surface area contributed by atoms with Crippen molar-refractivity contribution >= 4 is 11.9 Å². The Bertz CT molecular complexity index is 455. The van der Waals surface area contributed by atoms with Crippen molar-refractivity contribution in [3.8, 4) is 5.75 Å². The Balaban J connectivity index is 3.35. The molecule has 1 aromatic rings. The van der Waals surface area contributed by atoms with Gasteiger partial charge in [0, 0.05) is 13.5 Å². The van der Waals surface area contributed by atoms with Crippen molar-refractivity contribution in [2.24, 2.45) is 0 Å². The number of carbonyl (C=O) groups is 2. The van der Waals surface area contributed by atoms with E-state index >= 15 is 0 Å². The van der Waals surface area contributed by atoms with Crippen LogP contribution in [0, 0.1) is 0 Å². The number of phenols is 1. The summed E-state index contributed by atoms with van der Waals surface area (Å²) in [7, 11) is 0. The van der Waals surface area contributed by atoms with E-state index in [9.17, 15) is 19.8 Å². The molecular formula is C13H17NO4. The molecule has 0 aromatic heterocycles. The highest BCUT2D eigenvalue weighted by molar-refractivity contribution is 5.87. The summed E-state index contributed by atoms with van der Waals surface area (Å²) in [5, 5.41) is 18.7. The number of phenolic OH excluding ortho intramolecular Hbond substituents is 1. The van der Waals surface area contributed by atoms with Crippen molar-refractivity contribution < 1.29 is 19.8 Å². The number of carboxylic acid groups (broad SMARTS) is 1. The summed E-state index contributed by atoms with van der Waals surface area (Å²) < 4.78 is 0. The van der Waals surface area contributed by atoms with E-state index in [0.717, 1.165) is 0 Å². The molecule has 1 unspecified atom stereocenters. The average molecular weight is 251 g/mol. The molecule has 0 aliphatic rings. The van der Waals surface area contributed by atoms with Crippen LogP contribution < -0.4 is 0 Å². The maximum absolute atomic E-state index is 11.6. The molecule has 0 heterocycles. The van der Waals surface area contributed by atoms with Gasteiger partial charge in [-0.25, -0.2) is 4.79 Å². The van der Waals surface area contributed by atoms with Gasteiger partial charge < -0.3 is 15.1 Å². The molecule has 0 aliphatic carbocycles. The molecule has 0 saturated carbocycles. The number of carboxylic acids is 1. The van der Waals surface area contributed by atoms with Gasteiger partial charge in [0.1, 0.15) is 5.75 Å². The molecule has 0 spiro atoms. The van der Waals surface area contributed by atoms with Crippen LogP contribution >= 0.6 is 0 Å². The second-order valence-corrected chi connectivity index (χ2v) is 4.19. The number of likely N-dealkylation sites (N-methyl/N-ethyl adjacent to an activating group) is 1. The minimum Gasteiger partial charge on any atom is -0.508 e. The predicted molar refractivity (Wildman–Crippen MR) is 66.2 cm³/mol. The zero-order valence-electron chi connectivity index (χ0n) is 10.7. The molecule has 0 bridgehead atoms. The second-order valence-electron chi connectivity index (χ2n) is 4.19. The second kappa shape index (κ2) is 5.08. The molecule has 0 fully saturated rings. The van der Waals surface area contributed by atoms with E-state index in [2.05, 4.69) is 0 Å². The molecule has 18 heavy (non-hydrogen) atoms. The summed E-state index contributed by atoms with van der Waals surface area (Å²) in [5.41, 5.74) is -0.987. The first-order chi connectivity index (χ1) is 8.33. The summed E-state index contributed by atoms with van der Waals surface area (Å²) in [6.07, 6.45) is 0. The van der Waals surface area contributed by atoms with Crippen LogP contribution in [0.15, 0.2) is 24.3 Å². The highest BCUT2D eigenvalue weighted by Gasteiger charge is 2.42. The number of carbonyl (C=O) groups excluding carboxylic acids is 1. The minimum atomic E-state index is -1.44. The lowest BCUT2D eigenvalue weighted by Crippen LogP contribution is -2.51. The van der Waals surface area contributed by atoms with Crippen molar-refractivity contribution in [1.82, 2.24) is 4.90 Å². The van der Waals surface area contributed by atoms with Crippen LogP contribution in [0.25, 0.3) is 0 Å². The first-order valence-electron chi connectivity index (χ1n) is 5.65. The zero-order chi connectivity index (χ0) is 13.9. The van der Waals surface area contributed by atoms with Gasteiger partial charge in [-0.1, -0.05) is 12.1 Å². The highest BCUT2D eigenvalue weighted by atomic mass is 16.4. The number of amides is 1. The van der Waals surface area contributed by atoms with Gasteiger partial charge in [0.2, 0.25) is 5.91 Å². The molecule has 1 rings (SSSR count). The monoisotopic (exact) mass is 251 g/mol. The van der Waals surface area contributed by atoms with E-state index in [1.165, 1.54) is 43.0 Å². The van der Waals surface area contributed by atoms with Gasteiger partial charge >= 0.3 is 5.97 Å². The normalized spacial score (nSPS) is 13.7. The Labute approximate surface area is 106 Å². The average Bonchev–Trinajstić information content (AvgIpc) is 2.29. The number of aliphatic carboxylic acids is 1. The summed E-state index contributed by atoms with van der Waals surface area (Å²) in [6, 6.07) is 5.83. The molecule has 1 amide bonds. The molecular weight excluding hydrogens is 234 g/mol. The fraction of sp³-hybridized carbons (Fsp3) is 0.385. The third kappa shape index (κ3) is 2.30. The van der Waals surface area contributed by atoms with Gasteiger partial charge in [0.15, 0.2) is 5.54 Å². The van der Waals surface area contributed by atoms with Crippen molar-refractivity contribution in [2.45, 2.75) is 26.3 Å². The summed E-state index contributed by atoms with van der Waals surface area (Å²) in [4.78, 5) is 24.4. The maximum atomic E-state index is 11.6. The number of aromatic hydroxyl groups is 1. The van der Waals surface area contributed by atoms with Gasteiger partial charge in [-0.3, -0.25) is 4.79 Å². The van der Waals surface area contributed by atoms with Crippen LogP contribution in [0.4, 0.5) is 0 Å². The molecule has 0 radical (unpaired) electrons. The molecule has 0 aliphatic heterocycles. The Morgan fingerprint density at radius 1 is 1.28 bits per heavy atom. The summed E-state index contributed by atoms with van der Waals surface area (Å²) >= 11 is 0. The van der Waals surface area contributed by atoms with E-state index in [4.69, 9.17) is 0 Å². The first kappa shape index (κ1) is 14.0. The van der Waals surface area contributed by atoms with E-state index in [-0.39, 0.29) is 11.7 Å². The lowest BCUT2D eigenvalue weighted by molar-refractivity contribution is -0.158. The SMILES string of the molecule is CCN(C(C)=O)C(C)(C(=O)O)c1ccc(O)cc1. The van der Waals surface area contributed by atoms with Crippen LogP contribution in [0.5, 0.6) is 5.75 Å².